The van der Waals surface area contributed by atoms with Crippen LogP contribution in [0.4, 0.5) is 0 Å². The third-order valence-corrected chi connectivity index (χ3v) is 6.38. The zero-order chi connectivity index (χ0) is 19.3. The van der Waals surface area contributed by atoms with Gasteiger partial charge in [-0.3, -0.25) is 0 Å². The van der Waals surface area contributed by atoms with Gasteiger partial charge in [0.05, 0.1) is 0 Å². The summed E-state index contributed by atoms with van der Waals surface area (Å²) in [6.45, 7) is 3.72. The second kappa shape index (κ2) is 9.03. The molecule has 0 fully saturated rings. The molecule has 0 saturated carbocycles. The third-order valence-electron chi connectivity index (χ3n) is 3.83. The van der Waals surface area contributed by atoms with Gasteiger partial charge in [0.2, 0.25) is 0 Å². The van der Waals surface area contributed by atoms with Gasteiger partial charge >= 0.3 is 169 Å². The Morgan fingerprint density at radius 3 is 2.27 bits per heavy atom. The fraction of sp³-hybridized carbons (Fsp3) is 0.278. The molecule has 2 radical (unpaired) electrons. The van der Waals surface area contributed by atoms with Crippen LogP contribution < -0.4 is 13.8 Å². The van der Waals surface area contributed by atoms with Crippen molar-refractivity contribution in [3.05, 3.63) is 59.7 Å². The molecule has 2 rings (SSSR count). The first-order chi connectivity index (χ1) is 12.2. The molecule has 0 unspecified atom stereocenters. The average Bonchev–Trinajstić information content (AvgIpc) is 2.60. The van der Waals surface area contributed by atoms with E-state index >= 15 is 0 Å². The summed E-state index contributed by atoms with van der Waals surface area (Å²) < 4.78 is 34.2. The van der Waals surface area contributed by atoms with Crippen LogP contribution in [0.15, 0.2) is 53.4 Å². The molecular formula is C18H21InN2O4S. The Morgan fingerprint density at radius 2 is 1.73 bits per heavy atom. The second-order valence-electron chi connectivity index (χ2n) is 5.86. The van der Waals surface area contributed by atoms with Crippen LogP contribution >= 0.6 is 0 Å². The molecule has 2 atom stereocenters. The maximum atomic E-state index is 12.8. The van der Waals surface area contributed by atoms with Crippen molar-refractivity contribution in [3.63, 3.8) is 0 Å². The number of rotatable bonds is 7. The zero-order valence-corrected chi connectivity index (χ0v) is 18.8. The predicted octanol–water partition coefficient (Wildman–Crippen LogP) is 0.699. The number of nitrogens with two attached hydrogens (primary N) is 1. The Morgan fingerprint density at radius 1 is 1.15 bits per heavy atom. The van der Waals surface area contributed by atoms with E-state index in [4.69, 9.17) is 10.5 Å². The Labute approximate surface area is 168 Å². The molecule has 0 spiro atoms. The molecule has 8 heteroatoms. The summed E-state index contributed by atoms with van der Waals surface area (Å²) in [7, 11) is -3.86. The van der Waals surface area contributed by atoms with Gasteiger partial charge in [0.1, 0.15) is 0 Å². The van der Waals surface area contributed by atoms with Crippen LogP contribution in [-0.2, 0) is 19.6 Å². The van der Waals surface area contributed by atoms with Crippen molar-refractivity contribution in [2.24, 2.45) is 5.73 Å². The second-order valence-corrected chi connectivity index (χ2v) is 9.47. The Kier molecular flexibility index (Phi) is 7.28. The number of carbonyl (C=O) groups excluding carboxylic acids is 1. The fourth-order valence-electron chi connectivity index (χ4n) is 2.38. The van der Waals surface area contributed by atoms with Crippen molar-refractivity contribution in [1.82, 2.24) is 4.72 Å². The van der Waals surface area contributed by atoms with E-state index in [1.807, 2.05) is 19.1 Å². The SMILES string of the molecule is CCOC(=O)[C@H](N)[C@H](NS(=O)(=O)c1ccc(C)cc1)c1cc[c]([In])cc1. The molecule has 0 aliphatic heterocycles. The van der Waals surface area contributed by atoms with Crippen molar-refractivity contribution in [1.29, 1.82) is 0 Å². The molecule has 0 aliphatic carbocycles. The summed E-state index contributed by atoms with van der Waals surface area (Å²) in [5, 5.41) is 0. The maximum absolute atomic E-state index is 12.8. The molecule has 0 amide bonds. The van der Waals surface area contributed by atoms with Gasteiger partial charge in [0.15, 0.2) is 0 Å². The van der Waals surface area contributed by atoms with Crippen LogP contribution in [0.3, 0.4) is 0 Å². The van der Waals surface area contributed by atoms with Crippen LogP contribution in [0.2, 0.25) is 0 Å². The van der Waals surface area contributed by atoms with Crippen LogP contribution in [0, 0.1) is 6.92 Å². The van der Waals surface area contributed by atoms with Gasteiger partial charge in [-0.2, -0.15) is 0 Å². The van der Waals surface area contributed by atoms with E-state index in [9.17, 15) is 13.2 Å². The van der Waals surface area contributed by atoms with Gasteiger partial charge in [-0.05, 0) is 0 Å². The van der Waals surface area contributed by atoms with E-state index in [1.165, 1.54) is 12.1 Å². The monoisotopic (exact) mass is 476 g/mol. The van der Waals surface area contributed by atoms with Gasteiger partial charge in [0.25, 0.3) is 0 Å². The average molecular weight is 476 g/mol. The summed E-state index contributed by atoms with van der Waals surface area (Å²) in [5.41, 5.74) is 7.59. The molecule has 0 aliphatic rings. The molecule has 3 N–H and O–H groups in total. The van der Waals surface area contributed by atoms with Gasteiger partial charge in [-0.15, -0.1) is 0 Å². The molecule has 2 aromatic carbocycles. The number of ether oxygens (including phenoxy) is 1. The van der Waals surface area contributed by atoms with E-state index in [0.29, 0.717) is 5.56 Å². The number of carbonyl (C=O) groups is 1. The minimum absolute atomic E-state index is 0.114. The first-order valence-corrected chi connectivity index (χ1v) is 11.2. The molecule has 0 heterocycles. The van der Waals surface area contributed by atoms with E-state index in [0.717, 1.165) is 33.3 Å². The van der Waals surface area contributed by atoms with Gasteiger partial charge in [-0.25, -0.2) is 0 Å². The molecule has 0 saturated heterocycles. The summed E-state index contributed by atoms with van der Waals surface area (Å²) in [6, 6.07) is 11.7. The number of benzene rings is 2. The molecule has 0 bridgehead atoms. The number of esters is 1. The topological polar surface area (TPSA) is 98.5 Å². The molecular weight excluding hydrogens is 455 g/mol. The van der Waals surface area contributed by atoms with E-state index in [-0.39, 0.29) is 11.5 Å². The van der Waals surface area contributed by atoms with Gasteiger partial charge in [0, 0.05) is 0 Å². The van der Waals surface area contributed by atoms with Crippen molar-refractivity contribution < 1.29 is 17.9 Å². The van der Waals surface area contributed by atoms with Crippen LogP contribution in [0.25, 0.3) is 0 Å². The molecule has 6 nitrogen and oxygen atoms in total. The van der Waals surface area contributed by atoms with Crippen molar-refractivity contribution in [2.75, 3.05) is 6.61 Å². The van der Waals surface area contributed by atoms with Crippen LogP contribution in [0.1, 0.15) is 24.1 Å². The Balaban J connectivity index is 2.38. The van der Waals surface area contributed by atoms with Gasteiger partial charge in [-0.1, -0.05) is 0 Å². The van der Waals surface area contributed by atoms with Crippen molar-refractivity contribution in [2.45, 2.75) is 30.8 Å². The number of nitrogens with one attached hydrogen (secondary N) is 1. The Bertz CT molecular complexity index is 852. The number of hydrogen-bond acceptors (Lipinski definition) is 5. The van der Waals surface area contributed by atoms with Crippen LogP contribution in [0.5, 0.6) is 0 Å². The van der Waals surface area contributed by atoms with E-state index in [1.54, 1.807) is 31.2 Å². The number of sulfonamides is 1. The normalized spacial score (nSPS) is 13.8. The minimum atomic E-state index is -3.86. The van der Waals surface area contributed by atoms with Gasteiger partial charge < -0.3 is 0 Å². The van der Waals surface area contributed by atoms with E-state index < -0.39 is 28.1 Å². The molecule has 26 heavy (non-hydrogen) atoms. The summed E-state index contributed by atoms with van der Waals surface area (Å²) >= 11 is 0.939. The standard InChI is InChI=1S/C18H21N2O4S.In/c1-3-24-18(21)16(19)17(14-7-5-4-6-8-14)20-25(22,23)15-11-9-13(2)10-12-15;/h5-12,16-17,20H,3,19H2,1-2H3;/t16-,17-;/m1./s1. The zero-order valence-electron chi connectivity index (χ0n) is 14.7. The quantitative estimate of drug-likeness (QED) is 0.574. The third kappa shape index (κ3) is 5.33. The number of hydrogen-bond donors (Lipinski definition) is 2. The molecule has 136 valence electrons. The number of aryl methyl sites for hydroxylation is 1. The fourth-order valence-corrected chi connectivity index (χ4v) is 4.18. The summed E-state index contributed by atoms with van der Waals surface area (Å²) in [4.78, 5) is 12.2. The first kappa shape index (κ1) is 21.0. The molecule has 0 aromatic heterocycles. The molecule has 2 aromatic rings. The van der Waals surface area contributed by atoms with Crippen molar-refractivity contribution >= 4 is 43.7 Å². The predicted molar refractivity (Wildman–Crippen MR) is 101 cm³/mol. The first-order valence-electron chi connectivity index (χ1n) is 8.11. The Hall–Kier alpha value is -1.35. The van der Waals surface area contributed by atoms with E-state index in [2.05, 4.69) is 4.72 Å². The summed E-state index contributed by atoms with van der Waals surface area (Å²) in [5.74, 6) is -0.654. The van der Waals surface area contributed by atoms with Crippen molar-refractivity contribution in [3.8, 4) is 0 Å². The summed E-state index contributed by atoms with van der Waals surface area (Å²) in [6.07, 6.45) is 0. The van der Waals surface area contributed by atoms with Crippen LogP contribution in [-0.4, -0.2) is 51.4 Å².